The number of rotatable bonds is 9. The number of phenolic OH excluding ortho intramolecular Hbond substituents is 1. The van der Waals surface area contributed by atoms with Crippen LogP contribution in [0.25, 0.3) is 21.9 Å². The lowest BCUT2D eigenvalue weighted by molar-refractivity contribution is -0.132. The van der Waals surface area contributed by atoms with Crippen LogP contribution >= 0.6 is 0 Å². The zero-order valence-electron chi connectivity index (χ0n) is 23.7. The zero-order chi connectivity index (χ0) is 28.9. The Hall–Kier alpha value is -4.13. The third-order valence-electron chi connectivity index (χ3n) is 6.17. The lowest BCUT2D eigenvalue weighted by Crippen LogP contribution is -2.11. The fourth-order valence-electron chi connectivity index (χ4n) is 4.29. The van der Waals surface area contributed by atoms with Gasteiger partial charge in [-0.2, -0.15) is 0 Å². The highest BCUT2D eigenvalue weighted by Crippen LogP contribution is 2.42. The number of benzene rings is 2. The molecule has 0 unspecified atom stereocenters. The molecule has 0 bridgehead atoms. The van der Waals surface area contributed by atoms with E-state index in [0.717, 1.165) is 24.0 Å². The topological polar surface area (TPSA) is 103 Å². The van der Waals surface area contributed by atoms with Crippen molar-refractivity contribution in [3.63, 3.8) is 0 Å². The van der Waals surface area contributed by atoms with E-state index < -0.39 is 17.4 Å². The maximum absolute atomic E-state index is 13.8. The summed E-state index contributed by atoms with van der Waals surface area (Å²) in [6.07, 6.45) is 8.39. The highest BCUT2D eigenvalue weighted by Gasteiger charge is 2.25. The van der Waals surface area contributed by atoms with Gasteiger partial charge < -0.3 is 19.0 Å². The number of allylic oxidation sites excluding steroid dienone is 6. The quantitative estimate of drug-likeness (QED) is 0.134. The Morgan fingerprint density at radius 2 is 1.51 bits per heavy atom. The number of aromatic hydroxyl groups is 1. The van der Waals surface area contributed by atoms with E-state index in [0.29, 0.717) is 17.5 Å². The smallest absolute Gasteiger partial charge is 0.308 e. The fraction of sp³-hybridized carbons (Fsp3) is 0.344. The molecule has 0 atom stereocenters. The van der Waals surface area contributed by atoms with E-state index in [9.17, 15) is 19.5 Å². The fourth-order valence-corrected chi connectivity index (χ4v) is 4.29. The molecule has 0 saturated heterocycles. The Bertz CT molecular complexity index is 1570. The first-order chi connectivity index (χ1) is 18.4. The van der Waals surface area contributed by atoms with E-state index in [-0.39, 0.29) is 45.6 Å². The van der Waals surface area contributed by atoms with Crippen molar-refractivity contribution in [2.45, 2.75) is 74.1 Å². The SMILES string of the molecule is CC(=O)Oc1ccc2oc3c(C/C=C(\C)CCC=C(C)C)c(OC(C)=O)c(CC=C(C)C)c(O)c3c(=O)c2c1. The summed E-state index contributed by atoms with van der Waals surface area (Å²) in [6, 6.07) is 4.49. The summed E-state index contributed by atoms with van der Waals surface area (Å²) in [4.78, 5) is 37.4. The third-order valence-corrected chi connectivity index (χ3v) is 6.17. The second-order valence-corrected chi connectivity index (χ2v) is 10.2. The van der Waals surface area contributed by atoms with Gasteiger partial charge in [0.1, 0.15) is 33.8 Å². The Kier molecular flexibility index (Phi) is 9.51. The van der Waals surface area contributed by atoms with Gasteiger partial charge in [-0.3, -0.25) is 14.4 Å². The Balaban J connectivity index is 2.36. The molecule has 1 aromatic heterocycles. The molecular weight excluding hydrogens is 496 g/mol. The molecule has 0 amide bonds. The summed E-state index contributed by atoms with van der Waals surface area (Å²) in [5.74, 6) is -0.992. The van der Waals surface area contributed by atoms with Crippen LogP contribution < -0.4 is 14.9 Å². The van der Waals surface area contributed by atoms with Crippen LogP contribution in [0.2, 0.25) is 0 Å². The van der Waals surface area contributed by atoms with Gasteiger partial charge in [0.05, 0.1) is 5.39 Å². The van der Waals surface area contributed by atoms with Gasteiger partial charge in [-0.25, -0.2) is 0 Å². The van der Waals surface area contributed by atoms with Gasteiger partial charge in [0, 0.05) is 25.0 Å². The van der Waals surface area contributed by atoms with E-state index in [1.165, 1.54) is 31.6 Å². The molecular formula is C32H36O7. The molecule has 0 radical (unpaired) electrons. The molecule has 7 nitrogen and oxygen atoms in total. The number of hydrogen-bond donors (Lipinski definition) is 1. The molecule has 0 spiro atoms. The van der Waals surface area contributed by atoms with Crippen molar-refractivity contribution in [3.05, 3.63) is 74.5 Å². The molecule has 3 aromatic rings. The van der Waals surface area contributed by atoms with Gasteiger partial charge in [-0.1, -0.05) is 34.9 Å². The molecule has 0 aliphatic heterocycles. The predicted octanol–water partition coefficient (Wildman–Crippen LogP) is 7.25. The minimum Gasteiger partial charge on any atom is -0.507 e. The highest BCUT2D eigenvalue weighted by atomic mass is 16.5. The van der Waals surface area contributed by atoms with Crippen LogP contribution in [0, 0.1) is 0 Å². The van der Waals surface area contributed by atoms with Gasteiger partial charge in [0.25, 0.3) is 0 Å². The molecule has 39 heavy (non-hydrogen) atoms. The molecule has 0 aliphatic carbocycles. The van der Waals surface area contributed by atoms with E-state index in [2.05, 4.69) is 19.9 Å². The summed E-state index contributed by atoms with van der Waals surface area (Å²) in [7, 11) is 0. The average Bonchev–Trinajstić information content (AvgIpc) is 2.82. The van der Waals surface area contributed by atoms with E-state index in [4.69, 9.17) is 13.9 Å². The maximum atomic E-state index is 13.8. The Morgan fingerprint density at radius 1 is 0.872 bits per heavy atom. The number of phenols is 1. The lowest BCUT2D eigenvalue weighted by Gasteiger charge is -2.18. The summed E-state index contributed by atoms with van der Waals surface area (Å²) < 4.78 is 17.0. The number of carbonyl (C=O) groups excluding carboxylic acids is 2. The first kappa shape index (κ1) is 29.4. The molecule has 3 rings (SSSR count). The summed E-state index contributed by atoms with van der Waals surface area (Å²) in [6.45, 7) is 12.5. The molecule has 1 N–H and O–H groups in total. The molecule has 1 heterocycles. The summed E-state index contributed by atoms with van der Waals surface area (Å²) >= 11 is 0. The summed E-state index contributed by atoms with van der Waals surface area (Å²) in [5.41, 5.74) is 4.12. The minimum absolute atomic E-state index is 0.0128. The number of carbonyl (C=O) groups is 2. The molecule has 0 saturated carbocycles. The van der Waals surface area contributed by atoms with Crippen LogP contribution in [0.4, 0.5) is 0 Å². The number of hydrogen-bond acceptors (Lipinski definition) is 7. The molecule has 206 valence electrons. The molecule has 7 heteroatoms. The predicted molar refractivity (Wildman–Crippen MR) is 154 cm³/mol. The van der Waals surface area contributed by atoms with Crippen molar-refractivity contribution in [2.75, 3.05) is 0 Å². The summed E-state index contributed by atoms with van der Waals surface area (Å²) in [5, 5.41) is 11.5. The van der Waals surface area contributed by atoms with Gasteiger partial charge in [0.2, 0.25) is 5.43 Å². The second-order valence-electron chi connectivity index (χ2n) is 10.2. The lowest BCUT2D eigenvalue weighted by atomic mass is 9.95. The zero-order valence-corrected chi connectivity index (χ0v) is 23.7. The second kappa shape index (κ2) is 12.6. The van der Waals surface area contributed by atoms with Crippen molar-refractivity contribution in [3.8, 4) is 17.2 Å². The Morgan fingerprint density at radius 3 is 2.13 bits per heavy atom. The standard InChI is InChI=1S/C32H36O7/c1-18(2)9-8-10-20(5)12-15-25-31(38-22(7)34)24(14-11-19(3)4)29(35)28-30(36)26-17-23(37-21(6)33)13-16-27(26)39-32(25)28/h9,11-13,16-17,35H,8,10,14-15H2,1-7H3/b20-12+. The largest absolute Gasteiger partial charge is 0.507 e. The number of fused-ring (bicyclic) bond motifs is 2. The third kappa shape index (κ3) is 7.25. The van der Waals surface area contributed by atoms with Crippen molar-refractivity contribution in [1.29, 1.82) is 0 Å². The Labute approximate surface area is 228 Å². The van der Waals surface area contributed by atoms with Gasteiger partial charge >= 0.3 is 11.9 Å². The van der Waals surface area contributed by atoms with Gasteiger partial charge in [-0.15, -0.1) is 0 Å². The van der Waals surface area contributed by atoms with Crippen LogP contribution in [0.3, 0.4) is 0 Å². The van der Waals surface area contributed by atoms with Crippen molar-refractivity contribution in [1.82, 2.24) is 0 Å². The van der Waals surface area contributed by atoms with Crippen LogP contribution in [0.15, 0.2) is 62.4 Å². The van der Waals surface area contributed by atoms with Crippen LogP contribution in [-0.2, 0) is 22.4 Å². The highest BCUT2D eigenvalue weighted by molar-refractivity contribution is 5.98. The van der Waals surface area contributed by atoms with Crippen LogP contribution in [0.5, 0.6) is 17.2 Å². The molecule has 0 fully saturated rings. The van der Waals surface area contributed by atoms with Crippen LogP contribution in [0.1, 0.15) is 72.4 Å². The average molecular weight is 533 g/mol. The first-order valence-electron chi connectivity index (χ1n) is 13.0. The van der Waals surface area contributed by atoms with Gasteiger partial charge in [0.15, 0.2) is 0 Å². The monoisotopic (exact) mass is 532 g/mol. The van der Waals surface area contributed by atoms with Crippen LogP contribution in [-0.4, -0.2) is 17.0 Å². The number of ether oxygens (including phenoxy) is 2. The molecule has 2 aromatic carbocycles. The van der Waals surface area contributed by atoms with Crippen molar-refractivity contribution in [2.24, 2.45) is 0 Å². The van der Waals surface area contributed by atoms with Crippen molar-refractivity contribution < 1.29 is 28.6 Å². The van der Waals surface area contributed by atoms with E-state index >= 15 is 0 Å². The maximum Gasteiger partial charge on any atom is 0.308 e. The minimum atomic E-state index is -0.549. The number of esters is 2. The van der Waals surface area contributed by atoms with E-state index in [1.807, 2.05) is 32.9 Å². The molecule has 0 aliphatic rings. The van der Waals surface area contributed by atoms with E-state index in [1.54, 1.807) is 6.07 Å². The normalized spacial score (nSPS) is 11.4. The van der Waals surface area contributed by atoms with Gasteiger partial charge in [-0.05, 0) is 78.5 Å². The first-order valence-corrected chi connectivity index (χ1v) is 13.0. The van der Waals surface area contributed by atoms with Crippen molar-refractivity contribution >= 4 is 33.9 Å².